The van der Waals surface area contributed by atoms with Gasteiger partial charge in [-0.1, -0.05) is 0 Å². The van der Waals surface area contributed by atoms with Crippen molar-refractivity contribution >= 4 is 22.8 Å². The number of hydrogen-bond acceptors (Lipinski definition) is 7. The Hall–Kier alpha value is -3.95. The molecule has 1 fully saturated rings. The highest BCUT2D eigenvalue weighted by Crippen LogP contribution is 2.31. The minimum Gasteiger partial charge on any atom is -0.444 e. The van der Waals surface area contributed by atoms with E-state index in [4.69, 9.17) is 4.74 Å². The number of aromatic nitrogens is 6. The zero-order valence-corrected chi connectivity index (χ0v) is 21.3. The Morgan fingerprint density at radius 1 is 1.19 bits per heavy atom. The van der Waals surface area contributed by atoms with Gasteiger partial charge in [0, 0.05) is 49.0 Å². The first-order chi connectivity index (χ1) is 17.2. The maximum Gasteiger partial charge on any atom is 0.410 e. The molecule has 1 N–H and O–H groups in total. The van der Waals surface area contributed by atoms with Crippen LogP contribution in [0, 0.1) is 0 Å². The third-order valence-corrected chi connectivity index (χ3v) is 6.66. The fraction of sp³-hybridized carbons (Fsp3) is 0.423. The topological polar surface area (TPSA) is 105 Å². The van der Waals surface area contributed by atoms with Crippen LogP contribution in [0.15, 0.2) is 48.9 Å². The van der Waals surface area contributed by atoms with Crippen molar-refractivity contribution in [2.24, 2.45) is 0 Å². The predicted octanol–water partition coefficient (Wildman–Crippen LogP) is 4.43. The molecule has 10 nitrogen and oxygen atoms in total. The molecule has 0 unspecified atom stereocenters. The quantitative estimate of drug-likeness (QED) is 0.453. The molecule has 1 amide bonds. The normalized spacial score (nSPS) is 18.4. The summed E-state index contributed by atoms with van der Waals surface area (Å²) in [5.74, 6) is 0.802. The molecule has 4 aromatic rings. The van der Waals surface area contributed by atoms with Crippen LogP contribution in [-0.2, 0) is 4.74 Å². The minimum atomic E-state index is -0.497. The first-order valence-corrected chi connectivity index (χ1v) is 12.2. The highest BCUT2D eigenvalue weighted by Gasteiger charge is 2.33. The van der Waals surface area contributed by atoms with Crippen LogP contribution in [0.1, 0.15) is 40.5 Å². The van der Waals surface area contributed by atoms with Crippen molar-refractivity contribution in [1.29, 1.82) is 0 Å². The number of nitrogens with zero attached hydrogens (tertiary/aromatic N) is 7. The lowest BCUT2D eigenvalue weighted by Crippen LogP contribution is -2.51. The molecule has 0 aliphatic carbocycles. The number of carbonyl (C=O) groups excluding carboxylic acids is 1. The summed E-state index contributed by atoms with van der Waals surface area (Å²) in [6.45, 7) is 8.40. The maximum absolute atomic E-state index is 12.6. The van der Waals surface area contributed by atoms with Gasteiger partial charge in [0.25, 0.3) is 0 Å². The number of rotatable bonds is 4. The largest absolute Gasteiger partial charge is 0.444 e. The van der Waals surface area contributed by atoms with E-state index in [0.717, 1.165) is 46.5 Å². The number of H-pyrrole nitrogens is 1. The molecule has 1 aliphatic rings. The third kappa shape index (κ3) is 4.62. The highest BCUT2D eigenvalue weighted by atomic mass is 16.6. The maximum atomic E-state index is 12.6. The second-order valence-electron chi connectivity index (χ2n) is 10.3. The van der Waals surface area contributed by atoms with Gasteiger partial charge in [0.2, 0.25) is 0 Å². The fourth-order valence-electron chi connectivity index (χ4n) is 4.78. The summed E-state index contributed by atoms with van der Waals surface area (Å²) in [5, 5.41) is 21.7. The molecule has 1 saturated heterocycles. The van der Waals surface area contributed by atoms with Gasteiger partial charge in [-0.3, -0.25) is 5.10 Å². The molecule has 36 heavy (non-hydrogen) atoms. The number of piperidine rings is 1. The van der Waals surface area contributed by atoms with Crippen LogP contribution in [-0.4, -0.2) is 72.4 Å². The van der Waals surface area contributed by atoms with E-state index in [1.807, 2.05) is 73.9 Å². The summed E-state index contributed by atoms with van der Waals surface area (Å²) in [6.07, 6.45) is 6.89. The van der Waals surface area contributed by atoms with E-state index in [-0.39, 0.29) is 18.2 Å². The van der Waals surface area contributed by atoms with Gasteiger partial charge in [-0.15, -0.1) is 10.2 Å². The minimum absolute atomic E-state index is 0.0789. The van der Waals surface area contributed by atoms with E-state index in [1.54, 1.807) is 12.4 Å². The number of amides is 1. The summed E-state index contributed by atoms with van der Waals surface area (Å²) < 4.78 is 7.40. The van der Waals surface area contributed by atoms with Gasteiger partial charge < -0.3 is 14.5 Å². The summed E-state index contributed by atoms with van der Waals surface area (Å²) in [4.78, 5) is 16.5. The average molecular weight is 489 g/mol. The monoisotopic (exact) mass is 488 g/mol. The molecule has 0 saturated carbocycles. The molecular weight excluding hydrogens is 456 g/mol. The van der Waals surface area contributed by atoms with Gasteiger partial charge in [0.1, 0.15) is 5.60 Å². The highest BCUT2D eigenvalue weighted by molar-refractivity contribution is 5.97. The fourth-order valence-corrected chi connectivity index (χ4v) is 4.78. The molecule has 1 aromatic carbocycles. The summed E-state index contributed by atoms with van der Waals surface area (Å²) >= 11 is 0. The SMILES string of the molecule is C[C@H]1C[C@@H](N(C)c2ccc(-c3ccc(-n4cccn4)c4cn[nH]c34)nn2)CCN1C(=O)OC(C)(C)C. The smallest absolute Gasteiger partial charge is 0.410 e. The van der Waals surface area contributed by atoms with Crippen molar-refractivity contribution in [1.82, 2.24) is 35.1 Å². The van der Waals surface area contributed by atoms with E-state index >= 15 is 0 Å². The zero-order chi connectivity index (χ0) is 25.4. The molecule has 4 heterocycles. The van der Waals surface area contributed by atoms with E-state index in [2.05, 4.69) is 37.3 Å². The number of anilines is 1. The lowest BCUT2D eigenvalue weighted by atomic mass is 9.97. The zero-order valence-electron chi connectivity index (χ0n) is 21.3. The molecule has 2 atom stereocenters. The van der Waals surface area contributed by atoms with Crippen LogP contribution in [0.4, 0.5) is 10.6 Å². The van der Waals surface area contributed by atoms with Crippen LogP contribution >= 0.6 is 0 Å². The Morgan fingerprint density at radius 2 is 2.03 bits per heavy atom. The van der Waals surface area contributed by atoms with E-state index in [1.165, 1.54) is 0 Å². The summed E-state index contributed by atoms with van der Waals surface area (Å²) in [7, 11) is 2.04. The van der Waals surface area contributed by atoms with Gasteiger partial charge in [-0.25, -0.2) is 9.48 Å². The first kappa shape index (κ1) is 23.8. The Morgan fingerprint density at radius 3 is 2.69 bits per heavy atom. The van der Waals surface area contributed by atoms with Crippen molar-refractivity contribution in [2.75, 3.05) is 18.5 Å². The third-order valence-electron chi connectivity index (χ3n) is 6.66. The van der Waals surface area contributed by atoms with Gasteiger partial charge in [-0.2, -0.15) is 10.2 Å². The Bertz CT molecular complexity index is 1340. The van der Waals surface area contributed by atoms with Gasteiger partial charge in [-0.05, 0) is 70.9 Å². The average Bonchev–Trinajstić information content (AvgIpc) is 3.54. The number of aromatic amines is 1. The van der Waals surface area contributed by atoms with Crippen molar-refractivity contribution in [2.45, 2.75) is 58.2 Å². The Balaban J connectivity index is 1.31. The molecule has 0 radical (unpaired) electrons. The van der Waals surface area contributed by atoms with Gasteiger partial charge >= 0.3 is 6.09 Å². The molecule has 3 aromatic heterocycles. The molecule has 5 rings (SSSR count). The molecular formula is C26H32N8O2. The second-order valence-corrected chi connectivity index (χ2v) is 10.3. The van der Waals surface area contributed by atoms with E-state index in [0.29, 0.717) is 6.54 Å². The molecule has 10 heteroatoms. The van der Waals surface area contributed by atoms with Gasteiger partial charge in [0.05, 0.1) is 23.1 Å². The number of nitrogens with one attached hydrogen (secondary N) is 1. The summed E-state index contributed by atoms with van der Waals surface area (Å²) in [6, 6.07) is 10.2. The van der Waals surface area contributed by atoms with Crippen LogP contribution in [0.2, 0.25) is 0 Å². The Kier molecular flexibility index (Phi) is 6.11. The molecule has 0 spiro atoms. The van der Waals surface area contributed by atoms with Crippen LogP contribution < -0.4 is 4.90 Å². The summed E-state index contributed by atoms with van der Waals surface area (Å²) in [5.41, 5.74) is 3.04. The molecule has 0 bridgehead atoms. The number of ether oxygens (including phenoxy) is 1. The predicted molar refractivity (Wildman–Crippen MR) is 138 cm³/mol. The number of benzene rings is 1. The molecule has 1 aliphatic heterocycles. The van der Waals surface area contributed by atoms with Crippen molar-refractivity contribution in [3.63, 3.8) is 0 Å². The Labute approximate surface area is 210 Å². The van der Waals surface area contributed by atoms with E-state index in [9.17, 15) is 4.79 Å². The second kappa shape index (κ2) is 9.25. The van der Waals surface area contributed by atoms with Crippen molar-refractivity contribution in [3.05, 3.63) is 48.9 Å². The van der Waals surface area contributed by atoms with Crippen LogP contribution in [0.3, 0.4) is 0 Å². The standard InChI is InChI=1S/C26H32N8O2/c1-17-15-18(11-14-33(17)25(35)36-26(2,3)4)32(5)23-10-8-21(29-30-23)19-7-9-22(34-13-6-12-28-34)20-16-27-31-24(19)20/h6-10,12-13,16-18H,11,14-15H2,1-5H3,(H,27,31)/t17-,18-/m0/s1. The van der Waals surface area contributed by atoms with Gasteiger partial charge in [0.15, 0.2) is 5.82 Å². The molecule has 188 valence electrons. The lowest BCUT2D eigenvalue weighted by Gasteiger charge is -2.41. The van der Waals surface area contributed by atoms with Crippen molar-refractivity contribution in [3.8, 4) is 16.9 Å². The number of carbonyl (C=O) groups is 1. The number of likely N-dealkylation sites (tertiary alicyclic amines) is 1. The first-order valence-electron chi connectivity index (χ1n) is 12.2. The van der Waals surface area contributed by atoms with Crippen LogP contribution in [0.5, 0.6) is 0 Å². The van der Waals surface area contributed by atoms with Crippen molar-refractivity contribution < 1.29 is 9.53 Å². The van der Waals surface area contributed by atoms with Crippen LogP contribution in [0.25, 0.3) is 27.8 Å². The van der Waals surface area contributed by atoms with E-state index < -0.39 is 5.60 Å². The lowest BCUT2D eigenvalue weighted by molar-refractivity contribution is 0.0104. The number of hydrogen-bond donors (Lipinski definition) is 1. The number of fused-ring (bicyclic) bond motifs is 1.